The molecular formula is C16H17N3O2. The topological polar surface area (TPSA) is 66.1 Å². The first-order valence-electron chi connectivity index (χ1n) is 7.14. The van der Waals surface area contributed by atoms with Crippen molar-refractivity contribution < 1.29 is 9.59 Å². The Hall–Kier alpha value is -2.43. The molecule has 0 radical (unpaired) electrons. The van der Waals surface area contributed by atoms with Gasteiger partial charge in [0.05, 0.1) is 0 Å². The first kappa shape index (κ1) is 13.5. The number of Topliss-reactive ketones (excluding diaryl/α,β-unsaturated/α-hetero) is 1. The van der Waals surface area contributed by atoms with Gasteiger partial charge in [0.25, 0.3) is 5.91 Å². The molecule has 1 fully saturated rings. The Morgan fingerprint density at radius 1 is 1.24 bits per heavy atom. The summed E-state index contributed by atoms with van der Waals surface area (Å²) < 4.78 is 0. The summed E-state index contributed by atoms with van der Waals surface area (Å²) in [6, 6.07) is 10.9. The number of hydrogen-bond acceptors (Lipinski definition) is 3. The van der Waals surface area contributed by atoms with Gasteiger partial charge in [0, 0.05) is 30.8 Å². The zero-order chi connectivity index (χ0) is 14.7. The lowest BCUT2D eigenvalue weighted by Crippen LogP contribution is -2.37. The first-order chi connectivity index (χ1) is 10.3. The van der Waals surface area contributed by atoms with E-state index < -0.39 is 0 Å². The van der Waals surface area contributed by atoms with E-state index in [0.29, 0.717) is 24.2 Å². The summed E-state index contributed by atoms with van der Waals surface area (Å²) in [6.45, 7) is 0.699. The van der Waals surface area contributed by atoms with Crippen LogP contribution in [-0.2, 0) is 0 Å². The Morgan fingerprint density at radius 3 is 2.76 bits per heavy atom. The molecule has 0 saturated carbocycles. The van der Waals surface area contributed by atoms with Crippen LogP contribution >= 0.6 is 0 Å². The quantitative estimate of drug-likeness (QED) is 0.875. The zero-order valence-electron chi connectivity index (χ0n) is 11.7. The van der Waals surface area contributed by atoms with Gasteiger partial charge in [-0.25, -0.2) is 0 Å². The van der Waals surface area contributed by atoms with Crippen molar-refractivity contribution in [3.63, 3.8) is 0 Å². The molecule has 5 heteroatoms. The van der Waals surface area contributed by atoms with Crippen LogP contribution in [0.5, 0.6) is 0 Å². The van der Waals surface area contributed by atoms with E-state index >= 15 is 0 Å². The molecule has 5 nitrogen and oxygen atoms in total. The molecule has 1 N–H and O–H groups in total. The number of likely N-dealkylation sites (tertiary alicyclic amines) is 1. The Labute approximate surface area is 123 Å². The third kappa shape index (κ3) is 2.86. The first-order valence-corrected chi connectivity index (χ1v) is 7.14. The number of carbonyl (C=O) groups is 2. The highest BCUT2D eigenvalue weighted by Crippen LogP contribution is 2.23. The van der Waals surface area contributed by atoms with Gasteiger partial charge >= 0.3 is 0 Å². The summed E-state index contributed by atoms with van der Waals surface area (Å²) in [5, 5.41) is 6.50. The average molecular weight is 283 g/mol. The van der Waals surface area contributed by atoms with Crippen molar-refractivity contribution in [3.8, 4) is 0 Å². The summed E-state index contributed by atoms with van der Waals surface area (Å²) >= 11 is 0. The van der Waals surface area contributed by atoms with Gasteiger partial charge in [-0.2, -0.15) is 5.10 Å². The molecule has 21 heavy (non-hydrogen) atoms. The second-order valence-corrected chi connectivity index (χ2v) is 5.26. The Kier molecular flexibility index (Phi) is 3.81. The minimum atomic E-state index is -0.0733. The highest BCUT2D eigenvalue weighted by Gasteiger charge is 2.31. The third-order valence-electron chi connectivity index (χ3n) is 3.89. The van der Waals surface area contributed by atoms with Crippen LogP contribution in [0, 0.1) is 0 Å². The van der Waals surface area contributed by atoms with Crippen molar-refractivity contribution in [2.24, 2.45) is 0 Å². The van der Waals surface area contributed by atoms with Gasteiger partial charge in [-0.05, 0) is 18.9 Å². The maximum Gasteiger partial charge on any atom is 0.272 e. The van der Waals surface area contributed by atoms with Gasteiger partial charge in [-0.1, -0.05) is 30.3 Å². The number of nitrogens with zero attached hydrogens (tertiary/aromatic N) is 2. The second kappa shape index (κ2) is 5.91. The molecule has 1 saturated heterocycles. The van der Waals surface area contributed by atoms with E-state index in [4.69, 9.17) is 0 Å². The maximum absolute atomic E-state index is 12.4. The molecule has 1 unspecified atom stereocenters. The van der Waals surface area contributed by atoms with Crippen LogP contribution in [-0.4, -0.2) is 39.4 Å². The molecule has 1 aromatic carbocycles. The molecule has 1 aliphatic heterocycles. The molecule has 1 aliphatic rings. The molecule has 0 aliphatic carbocycles. The SMILES string of the molecule is O=C(CC1CCCN1C(=O)c1ccn[nH]1)c1ccccc1. The number of amides is 1. The molecule has 0 bridgehead atoms. The highest BCUT2D eigenvalue weighted by molar-refractivity contribution is 5.97. The minimum absolute atomic E-state index is 0.0199. The zero-order valence-corrected chi connectivity index (χ0v) is 11.7. The van der Waals surface area contributed by atoms with Crippen LogP contribution in [0.25, 0.3) is 0 Å². The van der Waals surface area contributed by atoms with Crippen LogP contribution < -0.4 is 0 Å². The van der Waals surface area contributed by atoms with E-state index in [2.05, 4.69) is 10.2 Å². The Morgan fingerprint density at radius 2 is 2.05 bits per heavy atom. The van der Waals surface area contributed by atoms with E-state index in [1.807, 2.05) is 30.3 Å². The summed E-state index contributed by atoms with van der Waals surface area (Å²) in [5.41, 5.74) is 1.19. The highest BCUT2D eigenvalue weighted by atomic mass is 16.2. The van der Waals surface area contributed by atoms with Crippen molar-refractivity contribution in [3.05, 3.63) is 53.9 Å². The molecule has 108 valence electrons. The lowest BCUT2D eigenvalue weighted by Gasteiger charge is -2.23. The van der Waals surface area contributed by atoms with Gasteiger partial charge in [0.2, 0.25) is 0 Å². The van der Waals surface area contributed by atoms with Crippen LogP contribution in [0.2, 0.25) is 0 Å². The van der Waals surface area contributed by atoms with Gasteiger partial charge in [-0.15, -0.1) is 0 Å². The predicted octanol–water partition coefficient (Wildman–Crippen LogP) is 2.29. The van der Waals surface area contributed by atoms with E-state index in [1.165, 1.54) is 0 Å². The van der Waals surface area contributed by atoms with E-state index in [-0.39, 0.29) is 17.7 Å². The number of H-pyrrole nitrogens is 1. The fourth-order valence-electron chi connectivity index (χ4n) is 2.80. The number of rotatable bonds is 4. The minimum Gasteiger partial charge on any atom is -0.334 e. The molecule has 1 amide bonds. The van der Waals surface area contributed by atoms with Crippen molar-refractivity contribution in [2.75, 3.05) is 6.54 Å². The standard InChI is InChI=1S/C16H17N3O2/c20-15(12-5-2-1-3-6-12)11-13-7-4-10-19(13)16(21)14-8-9-17-18-14/h1-3,5-6,8-9,13H,4,7,10-11H2,(H,17,18). The molecule has 1 aromatic heterocycles. The fraction of sp³-hybridized carbons (Fsp3) is 0.312. The molecule has 2 aromatic rings. The van der Waals surface area contributed by atoms with Gasteiger partial charge in [0.15, 0.2) is 5.78 Å². The van der Waals surface area contributed by atoms with E-state index in [1.54, 1.807) is 17.2 Å². The normalized spacial score (nSPS) is 17.9. The van der Waals surface area contributed by atoms with Crippen LogP contribution in [0.3, 0.4) is 0 Å². The van der Waals surface area contributed by atoms with Gasteiger partial charge < -0.3 is 4.90 Å². The number of nitrogens with one attached hydrogen (secondary N) is 1. The van der Waals surface area contributed by atoms with Crippen LogP contribution in [0.15, 0.2) is 42.6 Å². The number of aromatic nitrogens is 2. The monoisotopic (exact) mass is 283 g/mol. The Balaban J connectivity index is 1.70. The van der Waals surface area contributed by atoms with Gasteiger partial charge in [0.1, 0.15) is 5.69 Å². The van der Waals surface area contributed by atoms with E-state index in [0.717, 1.165) is 12.8 Å². The predicted molar refractivity (Wildman–Crippen MR) is 78.0 cm³/mol. The number of ketones is 1. The number of benzene rings is 1. The number of aromatic amines is 1. The van der Waals surface area contributed by atoms with Crippen LogP contribution in [0.1, 0.15) is 40.1 Å². The van der Waals surface area contributed by atoms with E-state index in [9.17, 15) is 9.59 Å². The molecular weight excluding hydrogens is 266 g/mol. The summed E-state index contributed by atoms with van der Waals surface area (Å²) in [4.78, 5) is 26.5. The Bertz CT molecular complexity index is 622. The van der Waals surface area contributed by atoms with Crippen molar-refractivity contribution in [1.82, 2.24) is 15.1 Å². The van der Waals surface area contributed by atoms with Gasteiger partial charge in [-0.3, -0.25) is 14.7 Å². The van der Waals surface area contributed by atoms with Crippen molar-refractivity contribution in [1.29, 1.82) is 0 Å². The number of carbonyl (C=O) groups excluding carboxylic acids is 2. The van der Waals surface area contributed by atoms with Crippen molar-refractivity contribution >= 4 is 11.7 Å². The lowest BCUT2D eigenvalue weighted by atomic mass is 10.0. The second-order valence-electron chi connectivity index (χ2n) is 5.26. The van der Waals surface area contributed by atoms with Crippen LogP contribution in [0.4, 0.5) is 0 Å². The lowest BCUT2D eigenvalue weighted by molar-refractivity contribution is 0.0711. The third-order valence-corrected chi connectivity index (χ3v) is 3.89. The largest absolute Gasteiger partial charge is 0.334 e. The summed E-state index contributed by atoms with van der Waals surface area (Å²) in [6.07, 6.45) is 3.75. The summed E-state index contributed by atoms with van der Waals surface area (Å²) in [5.74, 6) is 0.0146. The molecule has 1 atom stereocenters. The van der Waals surface area contributed by atoms with Crippen molar-refractivity contribution in [2.45, 2.75) is 25.3 Å². The molecule has 3 rings (SSSR count). The number of hydrogen-bond donors (Lipinski definition) is 1. The summed E-state index contributed by atoms with van der Waals surface area (Å²) in [7, 11) is 0. The molecule has 2 heterocycles. The fourth-order valence-corrected chi connectivity index (χ4v) is 2.80. The maximum atomic E-state index is 12.4. The smallest absolute Gasteiger partial charge is 0.272 e. The molecule has 0 spiro atoms. The average Bonchev–Trinajstić information content (AvgIpc) is 3.19.